The van der Waals surface area contributed by atoms with Gasteiger partial charge in [0.15, 0.2) is 0 Å². The number of fused-ring (bicyclic) bond motifs is 1. The van der Waals surface area contributed by atoms with Crippen molar-refractivity contribution >= 4 is 16.1 Å². The Labute approximate surface area is 126 Å². The van der Waals surface area contributed by atoms with Crippen molar-refractivity contribution in [1.82, 2.24) is 4.31 Å². The quantitative estimate of drug-likeness (QED) is 0.698. The zero-order valence-corrected chi connectivity index (χ0v) is 14.5. The fourth-order valence-corrected chi connectivity index (χ4v) is 9.07. The molecule has 5 aliphatic rings. The molecule has 118 valence electrons. The fourth-order valence-electron chi connectivity index (χ4n) is 5.87. The third-order valence-electron chi connectivity index (χ3n) is 7.51. The maximum Gasteiger partial charge on any atom is 0.424 e. The van der Waals surface area contributed by atoms with Crippen LogP contribution in [0, 0.1) is 10.8 Å². The molecule has 0 spiro atoms. The van der Waals surface area contributed by atoms with E-state index in [0.29, 0.717) is 0 Å². The van der Waals surface area contributed by atoms with E-state index in [1.54, 1.807) is 13.8 Å². The number of carbonyl (C=O) groups is 1. The van der Waals surface area contributed by atoms with E-state index in [9.17, 15) is 13.2 Å². The van der Waals surface area contributed by atoms with Gasteiger partial charge in [0, 0.05) is 10.8 Å². The van der Waals surface area contributed by atoms with Crippen LogP contribution in [0.15, 0.2) is 11.1 Å². The van der Waals surface area contributed by atoms with Crippen molar-refractivity contribution in [3.63, 3.8) is 0 Å². The number of sulfonamides is 1. The second kappa shape index (κ2) is 3.31. The number of nitrogens with zero attached hydrogens (tertiary/aromatic N) is 1. The summed E-state index contributed by atoms with van der Waals surface area (Å²) in [5.74, 6) is 0. The Balaban J connectivity index is 2.33. The molecule has 5 nitrogen and oxygen atoms in total. The first kappa shape index (κ1) is 14.9. The summed E-state index contributed by atoms with van der Waals surface area (Å²) in [5, 5.41) is 0. The molecular weight excluding hydrogens is 290 g/mol. The lowest BCUT2D eigenvalue weighted by Crippen LogP contribution is -2.76. The third-order valence-corrected chi connectivity index (χ3v) is 10.4. The summed E-state index contributed by atoms with van der Waals surface area (Å²) >= 11 is 0. The SMILES string of the molecule is CCOC(=O)N1C2(C)[C@]3(C)C(C)=C(C)[C@@]2(C)C3(C)S1(=O)=O. The van der Waals surface area contributed by atoms with Gasteiger partial charge < -0.3 is 4.74 Å². The summed E-state index contributed by atoms with van der Waals surface area (Å²) in [4.78, 5) is 12.4. The largest absolute Gasteiger partial charge is 0.449 e. The van der Waals surface area contributed by atoms with E-state index in [0.717, 1.165) is 15.5 Å². The number of rotatable bonds is 1. The molecule has 21 heavy (non-hydrogen) atoms. The van der Waals surface area contributed by atoms with Crippen LogP contribution < -0.4 is 0 Å². The molecule has 0 radical (unpaired) electrons. The third kappa shape index (κ3) is 0.875. The molecule has 0 aromatic heterocycles. The van der Waals surface area contributed by atoms with Crippen LogP contribution in [0.25, 0.3) is 0 Å². The van der Waals surface area contributed by atoms with Gasteiger partial charge >= 0.3 is 6.09 Å². The number of amides is 1. The van der Waals surface area contributed by atoms with Gasteiger partial charge in [-0.3, -0.25) is 0 Å². The molecule has 4 atom stereocenters. The maximum absolute atomic E-state index is 13.1. The highest BCUT2D eigenvalue weighted by Crippen LogP contribution is 2.88. The van der Waals surface area contributed by atoms with Gasteiger partial charge in [-0.25, -0.2) is 13.2 Å². The monoisotopic (exact) mass is 313 g/mol. The minimum Gasteiger partial charge on any atom is -0.449 e. The van der Waals surface area contributed by atoms with Gasteiger partial charge in [0.25, 0.3) is 0 Å². The highest BCUT2D eigenvalue weighted by Gasteiger charge is 2.98. The van der Waals surface area contributed by atoms with Crippen molar-refractivity contribution in [1.29, 1.82) is 0 Å². The van der Waals surface area contributed by atoms with Crippen LogP contribution in [0.2, 0.25) is 0 Å². The Morgan fingerprint density at radius 3 is 1.86 bits per heavy atom. The molecule has 0 aromatic rings. The Bertz CT molecular complexity index is 681. The standard InChI is InChI=1S/C15H23NO4S/c1-8-20-11(17)16-14(6)12(4)9(2)10(3)13(14,5)15(12,7)21(16,18)19/h8H2,1-7H3/t12-,13+,14?,15?. The molecule has 2 heterocycles. The van der Waals surface area contributed by atoms with Gasteiger partial charge in [0.1, 0.15) is 4.75 Å². The number of hydrogen-bond donors (Lipinski definition) is 0. The molecule has 2 saturated heterocycles. The molecule has 1 saturated carbocycles. The molecule has 3 fully saturated rings. The van der Waals surface area contributed by atoms with Crippen LogP contribution in [-0.4, -0.2) is 35.7 Å². The Morgan fingerprint density at radius 2 is 1.52 bits per heavy atom. The molecule has 6 heteroatoms. The summed E-state index contributed by atoms with van der Waals surface area (Å²) in [7, 11) is -3.77. The van der Waals surface area contributed by atoms with Crippen LogP contribution in [0.1, 0.15) is 48.5 Å². The van der Waals surface area contributed by atoms with Crippen molar-refractivity contribution in [2.75, 3.05) is 6.61 Å². The lowest BCUT2D eigenvalue weighted by molar-refractivity contribution is -0.108. The van der Waals surface area contributed by atoms with E-state index >= 15 is 0 Å². The van der Waals surface area contributed by atoms with Crippen molar-refractivity contribution in [2.24, 2.45) is 10.8 Å². The lowest BCUT2D eigenvalue weighted by atomic mass is 9.39. The molecule has 4 bridgehead atoms. The first-order valence-corrected chi connectivity index (χ1v) is 8.76. The van der Waals surface area contributed by atoms with Crippen LogP contribution >= 0.6 is 0 Å². The zero-order chi connectivity index (χ0) is 16.2. The van der Waals surface area contributed by atoms with E-state index in [4.69, 9.17) is 4.74 Å². The molecule has 2 unspecified atom stereocenters. The summed E-state index contributed by atoms with van der Waals surface area (Å²) in [5.41, 5.74) is 0.263. The van der Waals surface area contributed by atoms with E-state index in [1.165, 1.54) is 0 Å². The first-order chi connectivity index (χ1) is 9.42. The minimum absolute atomic E-state index is 0.163. The topological polar surface area (TPSA) is 63.7 Å². The van der Waals surface area contributed by atoms with Crippen molar-refractivity contribution in [2.45, 2.75) is 58.8 Å². The molecule has 3 aliphatic carbocycles. The van der Waals surface area contributed by atoms with Crippen molar-refractivity contribution in [3.8, 4) is 0 Å². The number of hydrogen-bond acceptors (Lipinski definition) is 4. The van der Waals surface area contributed by atoms with Gasteiger partial charge in [-0.2, -0.15) is 4.31 Å². The average Bonchev–Trinajstić information content (AvgIpc) is 2.71. The second-order valence-electron chi connectivity index (χ2n) is 7.07. The van der Waals surface area contributed by atoms with E-state index in [-0.39, 0.29) is 6.61 Å². The molecule has 1 amide bonds. The Morgan fingerprint density at radius 1 is 1.10 bits per heavy atom. The molecule has 0 aromatic carbocycles. The van der Waals surface area contributed by atoms with Crippen molar-refractivity contribution < 1.29 is 17.9 Å². The highest BCUT2D eigenvalue weighted by atomic mass is 32.2. The van der Waals surface area contributed by atoms with Gasteiger partial charge in [-0.05, 0) is 34.6 Å². The van der Waals surface area contributed by atoms with Gasteiger partial charge in [-0.15, -0.1) is 0 Å². The number of carbonyl (C=O) groups excluding carboxylic acids is 1. The maximum atomic E-state index is 13.1. The highest BCUT2D eigenvalue weighted by molar-refractivity contribution is 7.91. The molecule has 5 rings (SSSR count). The van der Waals surface area contributed by atoms with E-state index in [2.05, 4.69) is 0 Å². The Kier molecular flexibility index (Phi) is 2.35. The van der Waals surface area contributed by atoms with Crippen LogP contribution in [-0.2, 0) is 14.8 Å². The summed E-state index contributed by atoms with van der Waals surface area (Å²) in [6.45, 7) is 13.4. The lowest BCUT2D eigenvalue weighted by Gasteiger charge is -2.65. The molecule has 2 aliphatic heterocycles. The molecule has 0 N–H and O–H groups in total. The normalized spacial score (nSPS) is 49.4. The van der Waals surface area contributed by atoms with E-state index < -0.39 is 37.2 Å². The summed E-state index contributed by atoms with van der Waals surface area (Å²) < 4.78 is 31.4. The zero-order valence-electron chi connectivity index (χ0n) is 13.7. The average molecular weight is 313 g/mol. The van der Waals surface area contributed by atoms with Crippen LogP contribution in [0.4, 0.5) is 4.79 Å². The summed E-state index contributed by atoms with van der Waals surface area (Å²) in [6, 6.07) is 0. The van der Waals surface area contributed by atoms with Gasteiger partial charge in [0.2, 0.25) is 10.0 Å². The van der Waals surface area contributed by atoms with Gasteiger partial charge in [0.05, 0.1) is 12.1 Å². The van der Waals surface area contributed by atoms with E-state index in [1.807, 2.05) is 34.6 Å². The van der Waals surface area contributed by atoms with Crippen molar-refractivity contribution in [3.05, 3.63) is 11.1 Å². The molecular formula is C15H23NO4S. The van der Waals surface area contributed by atoms with Crippen LogP contribution in [0.5, 0.6) is 0 Å². The predicted octanol–water partition coefficient (Wildman–Crippen LogP) is 2.68. The minimum atomic E-state index is -3.77. The predicted molar refractivity (Wildman–Crippen MR) is 79.2 cm³/mol. The van der Waals surface area contributed by atoms with Gasteiger partial charge in [-0.1, -0.05) is 25.0 Å². The fraction of sp³-hybridized carbons (Fsp3) is 0.800. The first-order valence-electron chi connectivity index (χ1n) is 7.32. The smallest absolute Gasteiger partial charge is 0.424 e. The van der Waals surface area contributed by atoms with Crippen LogP contribution in [0.3, 0.4) is 0 Å². The summed E-state index contributed by atoms with van der Waals surface area (Å²) in [6.07, 6.45) is -0.749. The second-order valence-corrected chi connectivity index (χ2v) is 9.21. The number of ether oxygens (including phenoxy) is 1. The Hall–Kier alpha value is -1.04.